The van der Waals surface area contributed by atoms with Crippen LogP contribution in [0.3, 0.4) is 0 Å². The van der Waals surface area contributed by atoms with Crippen molar-refractivity contribution in [2.24, 2.45) is 0 Å². The van der Waals surface area contributed by atoms with E-state index < -0.39 is 23.6 Å². The minimum Gasteiger partial charge on any atom is -0.264 e. The predicted molar refractivity (Wildman–Crippen MR) is 91.7 cm³/mol. The fraction of sp³-hybridized carbons (Fsp3) is 0.105. The van der Waals surface area contributed by atoms with Crippen molar-refractivity contribution in [2.75, 3.05) is 0 Å². The highest BCUT2D eigenvalue weighted by Gasteiger charge is 2.36. The van der Waals surface area contributed by atoms with E-state index in [4.69, 9.17) is 0 Å². The van der Waals surface area contributed by atoms with Crippen molar-refractivity contribution < 1.29 is 26.3 Å². The van der Waals surface area contributed by atoms with Crippen LogP contribution in [-0.2, 0) is 12.4 Å². The quantitative estimate of drug-likeness (QED) is 0.412. The van der Waals surface area contributed by atoms with Crippen molar-refractivity contribution in [3.63, 3.8) is 0 Å². The number of rotatable bonds is 2. The Morgan fingerprint density at radius 3 is 2.10 bits per heavy atom. The molecule has 0 aliphatic rings. The Labute approximate surface area is 159 Å². The molecule has 4 aromatic rings. The highest BCUT2D eigenvalue weighted by Crippen LogP contribution is 2.35. The van der Waals surface area contributed by atoms with E-state index in [0.717, 1.165) is 30.3 Å². The Morgan fingerprint density at radius 2 is 1.52 bits per heavy atom. The van der Waals surface area contributed by atoms with Crippen molar-refractivity contribution >= 4 is 5.65 Å². The number of aromatic nitrogens is 4. The van der Waals surface area contributed by atoms with Gasteiger partial charge in [0.2, 0.25) is 0 Å². The smallest absolute Gasteiger partial charge is 0.264 e. The second-order valence-electron chi connectivity index (χ2n) is 6.13. The summed E-state index contributed by atoms with van der Waals surface area (Å²) in [7, 11) is 0. The summed E-state index contributed by atoms with van der Waals surface area (Å²) in [6, 6.07) is 7.78. The fourth-order valence-electron chi connectivity index (χ4n) is 2.87. The van der Waals surface area contributed by atoms with Gasteiger partial charge in [-0.05, 0) is 24.3 Å². The van der Waals surface area contributed by atoms with Gasteiger partial charge in [-0.15, -0.1) is 0 Å². The number of alkyl halides is 6. The lowest BCUT2D eigenvalue weighted by Gasteiger charge is -2.12. The Morgan fingerprint density at radius 1 is 0.793 bits per heavy atom. The maximum absolute atomic E-state index is 13.6. The molecule has 0 spiro atoms. The lowest BCUT2D eigenvalue weighted by atomic mass is 10.1. The lowest BCUT2D eigenvalue weighted by molar-refractivity contribution is -0.142. The molecule has 148 valence electrons. The molecule has 3 heterocycles. The summed E-state index contributed by atoms with van der Waals surface area (Å²) in [5.74, 6) is 0. The Bertz CT molecular complexity index is 1160. The van der Waals surface area contributed by atoms with E-state index in [1.807, 2.05) is 0 Å². The predicted octanol–water partition coefficient (Wildman–Crippen LogP) is 5.50. The molecule has 29 heavy (non-hydrogen) atoms. The van der Waals surface area contributed by atoms with Crippen molar-refractivity contribution in [3.05, 3.63) is 72.3 Å². The van der Waals surface area contributed by atoms with Crippen molar-refractivity contribution in [1.82, 2.24) is 19.6 Å². The monoisotopic (exact) mass is 408 g/mol. The summed E-state index contributed by atoms with van der Waals surface area (Å²) < 4.78 is 79.8. The number of halogens is 6. The van der Waals surface area contributed by atoms with Gasteiger partial charge in [0, 0.05) is 29.1 Å². The molecule has 0 aliphatic heterocycles. The zero-order valence-electron chi connectivity index (χ0n) is 14.3. The van der Waals surface area contributed by atoms with Gasteiger partial charge in [0.05, 0.1) is 17.5 Å². The second kappa shape index (κ2) is 6.57. The molecule has 4 rings (SSSR count). The van der Waals surface area contributed by atoms with Gasteiger partial charge in [-0.1, -0.05) is 18.2 Å². The third kappa shape index (κ3) is 3.53. The fourth-order valence-corrected chi connectivity index (χ4v) is 2.87. The van der Waals surface area contributed by atoms with Gasteiger partial charge in [0.25, 0.3) is 0 Å². The molecule has 0 saturated heterocycles. The Hall–Kier alpha value is -3.43. The number of hydrogen-bond acceptors (Lipinski definition) is 3. The average molecular weight is 408 g/mol. The molecule has 0 N–H and O–H groups in total. The first kappa shape index (κ1) is 18.9. The number of benzene rings is 1. The first-order chi connectivity index (χ1) is 13.6. The van der Waals surface area contributed by atoms with Gasteiger partial charge < -0.3 is 0 Å². The first-order valence-corrected chi connectivity index (χ1v) is 8.18. The van der Waals surface area contributed by atoms with E-state index in [0.29, 0.717) is 15.6 Å². The Balaban J connectivity index is 1.93. The average Bonchev–Trinajstić information content (AvgIpc) is 3.10. The first-order valence-electron chi connectivity index (χ1n) is 8.18. The lowest BCUT2D eigenvalue weighted by Crippen LogP contribution is -2.13. The molecule has 0 radical (unpaired) electrons. The minimum absolute atomic E-state index is 0.0808. The van der Waals surface area contributed by atoms with Gasteiger partial charge >= 0.3 is 12.4 Å². The third-order valence-corrected chi connectivity index (χ3v) is 4.24. The summed E-state index contributed by atoms with van der Waals surface area (Å²) in [5.41, 5.74) is -1.26. The molecule has 0 atom stereocenters. The zero-order valence-corrected chi connectivity index (χ0v) is 14.3. The largest absolute Gasteiger partial charge is 0.433 e. The normalized spacial score (nSPS) is 12.5. The van der Waals surface area contributed by atoms with Crippen LogP contribution < -0.4 is 0 Å². The van der Waals surface area contributed by atoms with E-state index in [1.165, 1.54) is 18.6 Å². The van der Waals surface area contributed by atoms with Gasteiger partial charge in [-0.3, -0.25) is 4.98 Å². The van der Waals surface area contributed by atoms with Crippen LogP contribution in [0, 0.1) is 0 Å². The molecule has 0 fully saturated rings. The van der Waals surface area contributed by atoms with Crippen LogP contribution in [-0.4, -0.2) is 19.6 Å². The minimum atomic E-state index is -4.75. The molecule has 0 amide bonds. The number of pyridine rings is 1. The standard InChI is InChI=1S/C19H10F6N4/c20-18(21,22)13-5-3-11(4-6-13)15-8-16(19(23,24)25)29-17(28-15)14(10-27-29)12-2-1-7-26-9-12/h1-10H. The number of fused-ring (bicyclic) bond motifs is 1. The number of nitrogens with zero attached hydrogens (tertiary/aromatic N) is 4. The third-order valence-electron chi connectivity index (χ3n) is 4.24. The molecule has 0 saturated carbocycles. The van der Waals surface area contributed by atoms with Gasteiger partial charge in [-0.2, -0.15) is 31.4 Å². The Kier molecular flexibility index (Phi) is 4.29. The van der Waals surface area contributed by atoms with Crippen LogP contribution in [0.25, 0.3) is 28.0 Å². The van der Waals surface area contributed by atoms with Crippen LogP contribution in [0.1, 0.15) is 11.3 Å². The zero-order chi connectivity index (χ0) is 20.8. The summed E-state index contributed by atoms with van der Waals surface area (Å²) >= 11 is 0. The van der Waals surface area contributed by atoms with Crippen molar-refractivity contribution in [1.29, 1.82) is 0 Å². The molecule has 0 aliphatic carbocycles. The summed E-state index contributed by atoms with van der Waals surface area (Å²) in [6.07, 6.45) is -5.09. The molecule has 4 nitrogen and oxygen atoms in total. The maximum Gasteiger partial charge on any atom is 0.433 e. The maximum atomic E-state index is 13.6. The summed E-state index contributed by atoms with van der Waals surface area (Å²) in [6.45, 7) is 0. The van der Waals surface area contributed by atoms with E-state index in [-0.39, 0.29) is 16.9 Å². The van der Waals surface area contributed by atoms with E-state index in [1.54, 1.807) is 12.1 Å². The van der Waals surface area contributed by atoms with Gasteiger partial charge in [0.1, 0.15) is 0 Å². The van der Waals surface area contributed by atoms with Crippen LogP contribution in [0.15, 0.2) is 61.1 Å². The van der Waals surface area contributed by atoms with E-state index >= 15 is 0 Å². The van der Waals surface area contributed by atoms with Crippen molar-refractivity contribution in [3.8, 4) is 22.4 Å². The second-order valence-corrected chi connectivity index (χ2v) is 6.13. The van der Waals surface area contributed by atoms with Crippen LogP contribution >= 0.6 is 0 Å². The van der Waals surface area contributed by atoms with E-state index in [9.17, 15) is 26.3 Å². The molecular formula is C19H10F6N4. The molecular weight excluding hydrogens is 398 g/mol. The summed E-state index contributed by atoms with van der Waals surface area (Å²) in [4.78, 5) is 8.18. The summed E-state index contributed by atoms with van der Waals surface area (Å²) in [5, 5.41) is 3.80. The molecule has 1 aromatic carbocycles. The number of hydrogen-bond donors (Lipinski definition) is 0. The molecule has 3 aromatic heterocycles. The van der Waals surface area contributed by atoms with Gasteiger partial charge in [0.15, 0.2) is 11.3 Å². The molecule has 0 unspecified atom stereocenters. The van der Waals surface area contributed by atoms with Crippen LogP contribution in [0.5, 0.6) is 0 Å². The highest BCUT2D eigenvalue weighted by molar-refractivity contribution is 5.78. The molecule has 0 bridgehead atoms. The van der Waals surface area contributed by atoms with Gasteiger partial charge in [-0.25, -0.2) is 9.50 Å². The molecule has 10 heteroatoms. The highest BCUT2D eigenvalue weighted by atomic mass is 19.4. The van der Waals surface area contributed by atoms with Crippen LogP contribution in [0.2, 0.25) is 0 Å². The topological polar surface area (TPSA) is 43.1 Å². The van der Waals surface area contributed by atoms with E-state index in [2.05, 4.69) is 15.1 Å². The van der Waals surface area contributed by atoms with Crippen molar-refractivity contribution in [2.45, 2.75) is 12.4 Å². The van der Waals surface area contributed by atoms with Crippen LogP contribution in [0.4, 0.5) is 26.3 Å². The SMILES string of the molecule is FC(F)(F)c1ccc(-c2cc(C(F)(F)F)n3ncc(-c4cccnc4)c3n2)cc1.